The Kier molecular flexibility index (Phi) is 4.23. The minimum absolute atomic E-state index is 0.170. The van der Waals surface area contributed by atoms with E-state index in [9.17, 15) is 0 Å². The second-order valence-corrected chi connectivity index (χ2v) is 6.02. The Balaban J connectivity index is 2.01. The Morgan fingerprint density at radius 1 is 1.32 bits per heavy atom. The van der Waals surface area contributed by atoms with Crippen molar-refractivity contribution in [3.05, 3.63) is 18.2 Å². The lowest BCUT2D eigenvalue weighted by Gasteiger charge is -2.41. The maximum Gasteiger partial charge on any atom is 0.123 e. The number of nitrogens with one attached hydrogen (secondary N) is 1. The highest BCUT2D eigenvalue weighted by Gasteiger charge is 2.34. The molecular weight excluding hydrogens is 236 g/mol. The van der Waals surface area contributed by atoms with Crippen molar-refractivity contribution in [1.82, 2.24) is 0 Å². The maximum atomic E-state index is 5.93. The van der Waals surface area contributed by atoms with Crippen molar-refractivity contribution < 1.29 is 4.74 Å². The van der Waals surface area contributed by atoms with E-state index in [2.05, 4.69) is 12.2 Å². The van der Waals surface area contributed by atoms with Gasteiger partial charge in [0.15, 0.2) is 0 Å². The van der Waals surface area contributed by atoms with E-state index in [4.69, 9.17) is 10.5 Å². The molecule has 3 nitrogen and oxygen atoms in total. The molecule has 1 fully saturated rings. The highest BCUT2D eigenvalue weighted by atomic mass is 16.5. The molecule has 0 saturated heterocycles. The molecule has 1 aliphatic carbocycles. The van der Waals surface area contributed by atoms with E-state index in [0.717, 1.165) is 23.7 Å². The zero-order valence-electron chi connectivity index (χ0n) is 12.3. The Morgan fingerprint density at radius 2 is 2.05 bits per heavy atom. The van der Waals surface area contributed by atoms with Gasteiger partial charge in [-0.25, -0.2) is 0 Å². The second-order valence-electron chi connectivity index (χ2n) is 6.02. The van der Waals surface area contributed by atoms with E-state index in [1.54, 1.807) is 0 Å². The summed E-state index contributed by atoms with van der Waals surface area (Å²) in [5.74, 6) is 0.844. The molecule has 2 rings (SSSR count). The number of nitrogen functional groups attached to an aromatic ring is 1. The van der Waals surface area contributed by atoms with Crippen LogP contribution in [0.25, 0.3) is 0 Å². The van der Waals surface area contributed by atoms with Gasteiger partial charge in [0, 0.05) is 30.1 Å². The number of hydrogen-bond acceptors (Lipinski definition) is 3. The van der Waals surface area contributed by atoms with Crippen LogP contribution in [0.3, 0.4) is 0 Å². The fraction of sp³-hybridized carbons (Fsp3) is 0.625. The topological polar surface area (TPSA) is 47.3 Å². The van der Waals surface area contributed by atoms with Gasteiger partial charge in [-0.1, -0.05) is 13.3 Å². The second kappa shape index (κ2) is 5.72. The molecule has 1 aromatic carbocycles. The van der Waals surface area contributed by atoms with Crippen LogP contribution in [-0.2, 0) is 0 Å². The van der Waals surface area contributed by atoms with Crippen molar-refractivity contribution in [3.8, 4) is 5.75 Å². The third kappa shape index (κ3) is 3.55. The molecule has 0 amide bonds. The molecular formula is C16H26N2O. The minimum Gasteiger partial charge on any atom is -0.491 e. The standard InChI is InChI=1S/C16H26N2O/c1-4-16(6-5-7-16)11-18-14-8-13(17)9-15(10-14)19-12(2)3/h8-10,12,18H,4-7,11,17H2,1-3H3. The first kappa shape index (κ1) is 14.0. The summed E-state index contributed by atoms with van der Waals surface area (Å²) in [6, 6.07) is 5.90. The quantitative estimate of drug-likeness (QED) is 0.760. The number of rotatable bonds is 6. The van der Waals surface area contributed by atoms with E-state index >= 15 is 0 Å². The number of anilines is 2. The summed E-state index contributed by atoms with van der Waals surface area (Å²) in [6.07, 6.45) is 5.47. The van der Waals surface area contributed by atoms with Crippen LogP contribution < -0.4 is 15.8 Å². The van der Waals surface area contributed by atoms with Crippen molar-refractivity contribution in [2.45, 2.75) is 52.6 Å². The summed E-state index contributed by atoms with van der Waals surface area (Å²) in [4.78, 5) is 0. The predicted molar refractivity (Wildman–Crippen MR) is 81.7 cm³/mol. The molecule has 0 heterocycles. The summed E-state index contributed by atoms with van der Waals surface area (Å²) < 4.78 is 5.71. The largest absolute Gasteiger partial charge is 0.491 e. The minimum atomic E-state index is 0.170. The van der Waals surface area contributed by atoms with E-state index in [0.29, 0.717) is 5.41 Å². The third-order valence-electron chi connectivity index (χ3n) is 4.13. The zero-order chi connectivity index (χ0) is 13.9. The van der Waals surface area contributed by atoms with Crippen LogP contribution in [0.5, 0.6) is 5.75 Å². The normalized spacial score (nSPS) is 17.1. The van der Waals surface area contributed by atoms with E-state index in [1.807, 2.05) is 32.0 Å². The van der Waals surface area contributed by atoms with Crippen LogP contribution in [0.1, 0.15) is 46.5 Å². The van der Waals surface area contributed by atoms with Crippen molar-refractivity contribution >= 4 is 11.4 Å². The van der Waals surface area contributed by atoms with Gasteiger partial charge < -0.3 is 15.8 Å². The molecule has 0 radical (unpaired) electrons. The molecule has 1 aliphatic rings. The Labute approximate surface area is 116 Å². The van der Waals surface area contributed by atoms with Crippen molar-refractivity contribution in [2.75, 3.05) is 17.6 Å². The van der Waals surface area contributed by atoms with Gasteiger partial charge in [0.25, 0.3) is 0 Å². The first-order valence-corrected chi connectivity index (χ1v) is 7.34. The predicted octanol–water partition coefficient (Wildman–Crippen LogP) is 4.05. The number of nitrogens with two attached hydrogens (primary N) is 1. The summed E-state index contributed by atoms with van der Waals surface area (Å²) in [5.41, 5.74) is 8.25. The van der Waals surface area contributed by atoms with Crippen LogP contribution in [0.2, 0.25) is 0 Å². The van der Waals surface area contributed by atoms with Gasteiger partial charge in [-0.15, -0.1) is 0 Å². The average Bonchev–Trinajstić information content (AvgIpc) is 2.26. The Hall–Kier alpha value is -1.38. The van der Waals surface area contributed by atoms with Crippen LogP contribution >= 0.6 is 0 Å². The molecule has 19 heavy (non-hydrogen) atoms. The molecule has 0 aromatic heterocycles. The monoisotopic (exact) mass is 262 g/mol. The highest BCUT2D eigenvalue weighted by molar-refractivity contribution is 5.59. The van der Waals surface area contributed by atoms with E-state index in [1.165, 1.54) is 25.7 Å². The maximum absolute atomic E-state index is 5.93. The van der Waals surface area contributed by atoms with Crippen molar-refractivity contribution in [3.63, 3.8) is 0 Å². The SMILES string of the molecule is CCC1(CNc2cc(N)cc(OC(C)C)c2)CCC1. The molecule has 106 valence electrons. The van der Waals surface area contributed by atoms with Gasteiger partial charge in [0.05, 0.1) is 6.10 Å². The van der Waals surface area contributed by atoms with Gasteiger partial charge in [0.2, 0.25) is 0 Å². The molecule has 3 heteroatoms. The summed E-state index contributed by atoms with van der Waals surface area (Å²) in [6.45, 7) is 7.37. The fourth-order valence-corrected chi connectivity index (χ4v) is 2.69. The van der Waals surface area contributed by atoms with Crippen LogP contribution in [0, 0.1) is 5.41 Å². The average molecular weight is 262 g/mol. The van der Waals surface area contributed by atoms with E-state index < -0.39 is 0 Å². The highest BCUT2D eigenvalue weighted by Crippen LogP contribution is 2.43. The van der Waals surface area contributed by atoms with Gasteiger partial charge in [-0.3, -0.25) is 0 Å². The first-order chi connectivity index (χ1) is 9.03. The summed E-state index contributed by atoms with van der Waals surface area (Å²) >= 11 is 0. The fourth-order valence-electron chi connectivity index (χ4n) is 2.69. The molecule has 0 unspecified atom stereocenters. The van der Waals surface area contributed by atoms with Gasteiger partial charge >= 0.3 is 0 Å². The molecule has 0 atom stereocenters. The zero-order valence-corrected chi connectivity index (χ0v) is 12.3. The Bertz CT molecular complexity index is 419. The summed E-state index contributed by atoms with van der Waals surface area (Å²) in [5, 5.41) is 3.53. The molecule has 1 saturated carbocycles. The van der Waals surface area contributed by atoms with Crippen LogP contribution in [0.4, 0.5) is 11.4 Å². The lowest BCUT2D eigenvalue weighted by Crippen LogP contribution is -2.35. The van der Waals surface area contributed by atoms with Crippen LogP contribution in [-0.4, -0.2) is 12.6 Å². The van der Waals surface area contributed by atoms with E-state index in [-0.39, 0.29) is 6.10 Å². The van der Waals surface area contributed by atoms with Crippen molar-refractivity contribution in [2.24, 2.45) is 5.41 Å². The smallest absolute Gasteiger partial charge is 0.123 e. The first-order valence-electron chi connectivity index (χ1n) is 7.34. The lowest BCUT2D eigenvalue weighted by molar-refractivity contribution is 0.145. The van der Waals surface area contributed by atoms with Crippen molar-refractivity contribution in [1.29, 1.82) is 0 Å². The molecule has 0 bridgehead atoms. The molecule has 1 aromatic rings. The number of ether oxygens (including phenoxy) is 1. The lowest BCUT2D eigenvalue weighted by atomic mass is 9.67. The van der Waals surface area contributed by atoms with Gasteiger partial charge in [-0.05, 0) is 44.6 Å². The van der Waals surface area contributed by atoms with Gasteiger partial charge in [-0.2, -0.15) is 0 Å². The molecule has 0 aliphatic heterocycles. The molecule has 0 spiro atoms. The number of benzene rings is 1. The number of hydrogen-bond donors (Lipinski definition) is 2. The Morgan fingerprint density at radius 3 is 2.58 bits per heavy atom. The summed E-state index contributed by atoms with van der Waals surface area (Å²) in [7, 11) is 0. The molecule has 3 N–H and O–H groups in total. The van der Waals surface area contributed by atoms with Crippen LogP contribution in [0.15, 0.2) is 18.2 Å². The third-order valence-corrected chi connectivity index (χ3v) is 4.13. The van der Waals surface area contributed by atoms with Gasteiger partial charge in [0.1, 0.15) is 5.75 Å².